The van der Waals surface area contributed by atoms with Gasteiger partial charge in [0.2, 0.25) is 0 Å². The molecule has 0 atom stereocenters. The van der Waals surface area contributed by atoms with E-state index in [0.717, 1.165) is 16.3 Å². The number of phenols is 2. The Bertz CT molecular complexity index is 943. The van der Waals surface area contributed by atoms with Crippen LogP contribution >= 0.6 is 0 Å². The maximum atomic E-state index is 12.1. The number of aromatic hydroxyl groups is 2. The zero-order valence-corrected chi connectivity index (χ0v) is 13.0. The number of nitrogens with zero attached hydrogens (tertiary/aromatic N) is 1. The van der Waals surface area contributed by atoms with Gasteiger partial charge in [-0.25, -0.2) is 5.43 Å². The number of hydrazone groups is 1. The lowest BCUT2D eigenvalue weighted by Gasteiger charge is -2.07. The number of fused-ring (bicyclic) bond motifs is 1. The van der Waals surface area contributed by atoms with Crippen molar-refractivity contribution in [2.45, 2.75) is 6.92 Å². The predicted octanol–water partition coefficient (Wildman–Crippen LogP) is 3.41. The summed E-state index contributed by atoms with van der Waals surface area (Å²) in [5, 5.41) is 25.4. The quantitative estimate of drug-likeness (QED) is 0.393. The van der Waals surface area contributed by atoms with Crippen molar-refractivity contribution in [1.29, 1.82) is 0 Å². The molecule has 0 aliphatic carbocycles. The summed E-state index contributed by atoms with van der Waals surface area (Å²) in [6.45, 7) is 1.80. The minimum atomic E-state index is -0.594. The molecule has 5 nitrogen and oxygen atoms in total. The summed E-state index contributed by atoms with van der Waals surface area (Å²) in [6, 6.07) is 17.5. The molecule has 5 heteroatoms. The first-order valence-corrected chi connectivity index (χ1v) is 7.41. The van der Waals surface area contributed by atoms with Crippen LogP contribution in [0.4, 0.5) is 0 Å². The summed E-state index contributed by atoms with van der Waals surface area (Å²) < 4.78 is 0. The van der Waals surface area contributed by atoms with E-state index in [-0.39, 0.29) is 17.1 Å². The van der Waals surface area contributed by atoms with Gasteiger partial charge in [0.1, 0.15) is 11.5 Å². The fourth-order valence-corrected chi connectivity index (χ4v) is 2.50. The number of nitrogens with one attached hydrogen (secondary N) is 1. The Morgan fingerprint density at radius 1 is 0.958 bits per heavy atom. The Kier molecular flexibility index (Phi) is 4.16. The molecular formula is C19H16N2O3. The van der Waals surface area contributed by atoms with E-state index in [1.807, 2.05) is 42.5 Å². The first-order chi connectivity index (χ1) is 11.6. The molecule has 24 heavy (non-hydrogen) atoms. The molecular weight excluding hydrogens is 304 g/mol. The van der Waals surface area contributed by atoms with Crippen molar-refractivity contribution in [2.24, 2.45) is 5.10 Å². The van der Waals surface area contributed by atoms with Gasteiger partial charge in [0, 0.05) is 5.56 Å². The molecule has 120 valence electrons. The second-order valence-electron chi connectivity index (χ2n) is 5.37. The Morgan fingerprint density at radius 3 is 2.54 bits per heavy atom. The van der Waals surface area contributed by atoms with Crippen molar-refractivity contribution in [1.82, 2.24) is 5.43 Å². The van der Waals surface area contributed by atoms with E-state index in [9.17, 15) is 15.0 Å². The number of carbonyl (C=O) groups is 1. The fraction of sp³-hybridized carbons (Fsp3) is 0.0526. The molecule has 0 bridgehead atoms. The van der Waals surface area contributed by atoms with E-state index < -0.39 is 5.91 Å². The maximum absolute atomic E-state index is 12.1. The molecule has 0 aliphatic heterocycles. The van der Waals surface area contributed by atoms with E-state index in [0.29, 0.717) is 5.71 Å². The monoisotopic (exact) mass is 320 g/mol. The Balaban J connectivity index is 1.88. The fourth-order valence-electron chi connectivity index (χ4n) is 2.50. The molecule has 0 aliphatic rings. The lowest BCUT2D eigenvalue weighted by Crippen LogP contribution is -2.19. The number of rotatable bonds is 3. The van der Waals surface area contributed by atoms with Crippen molar-refractivity contribution in [3.05, 3.63) is 71.8 Å². The van der Waals surface area contributed by atoms with Crippen molar-refractivity contribution in [2.75, 3.05) is 0 Å². The largest absolute Gasteiger partial charge is 0.508 e. The molecule has 3 rings (SSSR count). The average Bonchev–Trinajstić information content (AvgIpc) is 2.61. The van der Waals surface area contributed by atoms with Crippen LogP contribution in [0, 0.1) is 0 Å². The number of hydrogen-bond donors (Lipinski definition) is 3. The molecule has 0 heterocycles. The summed E-state index contributed by atoms with van der Waals surface area (Å²) in [5.41, 5.74) is 3.92. The third-order valence-corrected chi connectivity index (χ3v) is 3.73. The SMILES string of the molecule is C/C(=N/NC(=O)c1cc(O)ccc1O)c1cccc2ccccc12. The van der Waals surface area contributed by atoms with E-state index in [2.05, 4.69) is 10.5 Å². The van der Waals surface area contributed by atoms with Crippen LogP contribution in [-0.2, 0) is 0 Å². The van der Waals surface area contributed by atoms with Crippen LogP contribution in [0.15, 0.2) is 65.8 Å². The van der Waals surface area contributed by atoms with Gasteiger partial charge in [-0.3, -0.25) is 4.79 Å². The van der Waals surface area contributed by atoms with Gasteiger partial charge in [-0.2, -0.15) is 5.10 Å². The molecule has 3 N–H and O–H groups in total. The molecule has 0 fully saturated rings. The van der Waals surface area contributed by atoms with Gasteiger partial charge >= 0.3 is 0 Å². The predicted molar refractivity (Wildman–Crippen MR) is 93.4 cm³/mol. The molecule has 0 aromatic heterocycles. The summed E-state index contributed by atoms with van der Waals surface area (Å²) >= 11 is 0. The molecule has 0 radical (unpaired) electrons. The molecule has 3 aromatic rings. The number of phenolic OH excluding ortho intramolecular Hbond substituents is 2. The minimum absolute atomic E-state index is 0.0375. The molecule has 0 saturated heterocycles. The first-order valence-electron chi connectivity index (χ1n) is 7.41. The Hall–Kier alpha value is -3.34. The number of carbonyl (C=O) groups excluding carboxylic acids is 1. The normalized spacial score (nSPS) is 11.5. The van der Waals surface area contributed by atoms with Crippen LogP contribution in [0.25, 0.3) is 10.8 Å². The van der Waals surface area contributed by atoms with Crippen LogP contribution < -0.4 is 5.43 Å². The molecule has 0 unspecified atom stereocenters. The number of amides is 1. The highest BCUT2D eigenvalue weighted by Gasteiger charge is 2.12. The smallest absolute Gasteiger partial charge is 0.275 e. The van der Waals surface area contributed by atoms with E-state index in [1.54, 1.807) is 6.92 Å². The molecule has 3 aromatic carbocycles. The van der Waals surface area contributed by atoms with Crippen LogP contribution in [0.1, 0.15) is 22.8 Å². The Labute approximate surface area is 138 Å². The summed E-state index contributed by atoms with van der Waals surface area (Å²) in [7, 11) is 0. The summed E-state index contributed by atoms with van der Waals surface area (Å²) in [5.74, 6) is -0.918. The lowest BCUT2D eigenvalue weighted by molar-refractivity contribution is 0.0951. The standard InChI is InChI=1S/C19H16N2O3/c1-12(15-8-4-6-13-5-2-3-7-16(13)15)20-21-19(24)17-11-14(22)9-10-18(17)23/h2-11,22-23H,1H3,(H,21,24)/b20-12-. The molecule has 0 spiro atoms. The highest BCUT2D eigenvalue weighted by molar-refractivity contribution is 6.10. The first kappa shape index (κ1) is 15.6. The van der Waals surface area contributed by atoms with Gasteiger partial charge in [-0.05, 0) is 35.9 Å². The third kappa shape index (κ3) is 3.05. The van der Waals surface area contributed by atoms with Gasteiger partial charge in [0.15, 0.2) is 0 Å². The van der Waals surface area contributed by atoms with Crippen molar-refractivity contribution < 1.29 is 15.0 Å². The summed E-state index contributed by atoms with van der Waals surface area (Å²) in [6.07, 6.45) is 0. The van der Waals surface area contributed by atoms with Crippen molar-refractivity contribution >= 4 is 22.4 Å². The Morgan fingerprint density at radius 2 is 1.71 bits per heavy atom. The van der Waals surface area contributed by atoms with E-state index in [4.69, 9.17) is 0 Å². The maximum Gasteiger partial charge on any atom is 0.275 e. The van der Waals surface area contributed by atoms with Gasteiger partial charge in [-0.15, -0.1) is 0 Å². The molecule has 0 saturated carbocycles. The van der Waals surface area contributed by atoms with Gasteiger partial charge in [-0.1, -0.05) is 42.5 Å². The topological polar surface area (TPSA) is 81.9 Å². The highest BCUT2D eigenvalue weighted by Crippen LogP contribution is 2.22. The number of benzene rings is 3. The van der Waals surface area contributed by atoms with Crippen LogP contribution in [0.5, 0.6) is 11.5 Å². The van der Waals surface area contributed by atoms with Crippen LogP contribution in [-0.4, -0.2) is 21.8 Å². The highest BCUT2D eigenvalue weighted by atomic mass is 16.3. The zero-order valence-electron chi connectivity index (χ0n) is 13.0. The second-order valence-corrected chi connectivity index (χ2v) is 5.37. The summed E-state index contributed by atoms with van der Waals surface area (Å²) in [4.78, 5) is 12.1. The number of hydrogen-bond acceptors (Lipinski definition) is 4. The lowest BCUT2D eigenvalue weighted by atomic mass is 10.0. The average molecular weight is 320 g/mol. The van der Waals surface area contributed by atoms with Gasteiger partial charge in [0.05, 0.1) is 11.3 Å². The van der Waals surface area contributed by atoms with E-state index >= 15 is 0 Å². The van der Waals surface area contributed by atoms with Crippen molar-refractivity contribution in [3.63, 3.8) is 0 Å². The van der Waals surface area contributed by atoms with Crippen LogP contribution in [0.3, 0.4) is 0 Å². The van der Waals surface area contributed by atoms with Crippen molar-refractivity contribution in [3.8, 4) is 11.5 Å². The van der Waals surface area contributed by atoms with Crippen LogP contribution in [0.2, 0.25) is 0 Å². The second kappa shape index (κ2) is 6.42. The van der Waals surface area contributed by atoms with Gasteiger partial charge < -0.3 is 10.2 Å². The minimum Gasteiger partial charge on any atom is -0.508 e. The third-order valence-electron chi connectivity index (χ3n) is 3.73. The zero-order chi connectivity index (χ0) is 17.1. The van der Waals surface area contributed by atoms with E-state index in [1.165, 1.54) is 18.2 Å². The molecule has 1 amide bonds. The van der Waals surface area contributed by atoms with Gasteiger partial charge in [0.25, 0.3) is 5.91 Å².